The second-order valence-electron chi connectivity index (χ2n) is 3.63. The van der Waals surface area contributed by atoms with E-state index in [0.717, 1.165) is 6.29 Å². The molecule has 19 heavy (non-hydrogen) atoms. The Hall–Kier alpha value is -2.67. The average Bonchev–Trinajstić information content (AvgIpc) is 2.93. The largest absolute Gasteiger partial charge is 0.486 e. The van der Waals surface area contributed by atoms with Gasteiger partial charge in [0.25, 0.3) is 5.91 Å². The van der Waals surface area contributed by atoms with Crippen molar-refractivity contribution in [1.29, 1.82) is 0 Å². The maximum Gasteiger partial charge on any atom is 0.287 e. The van der Waals surface area contributed by atoms with E-state index in [1.165, 1.54) is 6.07 Å². The van der Waals surface area contributed by atoms with Gasteiger partial charge in [-0.05, 0) is 12.1 Å². The molecule has 0 aliphatic rings. The number of aldehydes is 1. The number of carbonyl (C=O) groups excluding carboxylic acids is 2. The first-order valence-electron chi connectivity index (χ1n) is 5.37. The summed E-state index contributed by atoms with van der Waals surface area (Å²) < 4.78 is 10.3. The molecule has 7 heteroatoms. The van der Waals surface area contributed by atoms with Gasteiger partial charge in [0.2, 0.25) is 0 Å². The van der Waals surface area contributed by atoms with E-state index in [1.54, 1.807) is 24.3 Å². The minimum absolute atomic E-state index is 0.0720. The Labute approximate surface area is 108 Å². The summed E-state index contributed by atoms with van der Waals surface area (Å²) in [5.41, 5.74) is 2.53. The van der Waals surface area contributed by atoms with Crippen molar-refractivity contribution in [3.8, 4) is 5.75 Å². The fourth-order valence-corrected chi connectivity index (χ4v) is 1.39. The van der Waals surface area contributed by atoms with E-state index < -0.39 is 5.91 Å². The number of amides is 1. The van der Waals surface area contributed by atoms with Crippen LogP contribution in [0.25, 0.3) is 0 Å². The normalized spacial score (nSPS) is 9.95. The van der Waals surface area contributed by atoms with Gasteiger partial charge in [-0.25, -0.2) is 5.84 Å². The molecule has 2 aromatic rings. The van der Waals surface area contributed by atoms with Crippen molar-refractivity contribution in [3.05, 3.63) is 47.3 Å². The molecule has 0 aliphatic carbocycles. The van der Waals surface area contributed by atoms with Crippen molar-refractivity contribution in [2.75, 3.05) is 0 Å². The van der Waals surface area contributed by atoms with Crippen molar-refractivity contribution in [2.24, 2.45) is 5.84 Å². The van der Waals surface area contributed by atoms with E-state index in [0.29, 0.717) is 17.1 Å². The summed E-state index contributed by atoms with van der Waals surface area (Å²) in [6.07, 6.45) is 0.727. The molecule has 7 nitrogen and oxygen atoms in total. The number of nitrogens with one attached hydrogen (secondary N) is 1. The zero-order valence-corrected chi connectivity index (χ0v) is 9.83. The molecule has 0 bridgehead atoms. The first-order valence-corrected chi connectivity index (χ1v) is 5.37. The number of rotatable bonds is 5. The number of nitrogens with two attached hydrogens (primary N) is 1. The number of hydrogen-bond donors (Lipinski definition) is 2. The highest BCUT2D eigenvalue weighted by Crippen LogP contribution is 2.14. The van der Waals surface area contributed by atoms with Crippen LogP contribution in [0.15, 0.2) is 34.9 Å². The smallest absolute Gasteiger partial charge is 0.287 e. The highest BCUT2D eigenvalue weighted by Gasteiger charge is 2.11. The SMILES string of the molecule is NNC(=O)c1cc(COc2cccc(C=O)c2)on1. The Morgan fingerprint density at radius 1 is 1.47 bits per heavy atom. The van der Waals surface area contributed by atoms with Gasteiger partial charge in [0.15, 0.2) is 11.5 Å². The van der Waals surface area contributed by atoms with Crippen LogP contribution in [0, 0.1) is 0 Å². The molecular formula is C12H11N3O4. The number of hydrogen-bond acceptors (Lipinski definition) is 6. The summed E-state index contributed by atoms with van der Waals surface area (Å²) in [5, 5.41) is 3.53. The number of ether oxygens (including phenoxy) is 1. The van der Waals surface area contributed by atoms with Crippen molar-refractivity contribution in [2.45, 2.75) is 6.61 Å². The quantitative estimate of drug-likeness (QED) is 0.354. The minimum atomic E-state index is -0.544. The van der Waals surface area contributed by atoms with E-state index in [9.17, 15) is 9.59 Å². The number of aromatic nitrogens is 1. The Bertz CT molecular complexity index is 594. The molecule has 1 amide bonds. The highest BCUT2D eigenvalue weighted by molar-refractivity contribution is 5.91. The molecule has 1 aromatic heterocycles. The molecule has 0 spiro atoms. The molecule has 1 aromatic carbocycles. The van der Waals surface area contributed by atoms with Gasteiger partial charge in [-0.15, -0.1) is 0 Å². The van der Waals surface area contributed by atoms with E-state index >= 15 is 0 Å². The Morgan fingerprint density at radius 2 is 2.32 bits per heavy atom. The zero-order valence-electron chi connectivity index (χ0n) is 9.83. The summed E-state index contributed by atoms with van der Waals surface area (Å²) in [7, 11) is 0. The van der Waals surface area contributed by atoms with E-state index in [1.807, 2.05) is 5.43 Å². The van der Waals surface area contributed by atoms with Crippen molar-refractivity contribution < 1.29 is 18.8 Å². The lowest BCUT2D eigenvalue weighted by atomic mass is 10.2. The molecule has 0 fully saturated rings. The van der Waals surface area contributed by atoms with Gasteiger partial charge < -0.3 is 9.26 Å². The third-order valence-corrected chi connectivity index (χ3v) is 2.30. The molecule has 0 atom stereocenters. The number of nitrogens with zero attached hydrogens (tertiary/aromatic N) is 1. The molecule has 0 aliphatic heterocycles. The topological polar surface area (TPSA) is 107 Å². The van der Waals surface area contributed by atoms with Crippen molar-refractivity contribution in [3.63, 3.8) is 0 Å². The van der Waals surface area contributed by atoms with Gasteiger partial charge in [0.05, 0.1) is 0 Å². The molecule has 98 valence electrons. The summed E-state index contributed by atoms with van der Waals surface area (Å²) in [6.45, 7) is 0.0904. The standard InChI is InChI=1S/C12H11N3O4/c13-14-12(17)11-5-10(19-15-11)7-18-9-3-1-2-8(4-9)6-16/h1-6H,7,13H2,(H,14,17). The van der Waals surface area contributed by atoms with Crippen LogP contribution in [0.5, 0.6) is 5.75 Å². The zero-order chi connectivity index (χ0) is 13.7. The number of nitrogen functional groups attached to an aromatic ring is 1. The van der Waals surface area contributed by atoms with Crippen LogP contribution >= 0.6 is 0 Å². The lowest BCUT2D eigenvalue weighted by Gasteiger charge is -2.03. The van der Waals surface area contributed by atoms with E-state index in [4.69, 9.17) is 15.1 Å². The van der Waals surface area contributed by atoms with Crippen LogP contribution in [0.1, 0.15) is 26.6 Å². The van der Waals surface area contributed by atoms with Crippen LogP contribution < -0.4 is 16.0 Å². The molecule has 3 N–H and O–H groups in total. The summed E-state index contributed by atoms with van der Waals surface area (Å²) in [5.74, 6) is 5.31. The first kappa shape index (κ1) is 12.8. The van der Waals surface area contributed by atoms with E-state index in [2.05, 4.69) is 5.16 Å². The third-order valence-electron chi connectivity index (χ3n) is 2.30. The number of carbonyl (C=O) groups is 2. The third kappa shape index (κ3) is 3.17. The fraction of sp³-hybridized carbons (Fsp3) is 0.0833. The summed E-state index contributed by atoms with van der Waals surface area (Å²) in [4.78, 5) is 21.8. The molecule has 1 heterocycles. The lowest BCUT2D eigenvalue weighted by Crippen LogP contribution is -2.30. The fourth-order valence-electron chi connectivity index (χ4n) is 1.39. The van der Waals surface area contributed by atoms with Crippen molar-refractivity contribution in [1.82, 2.24) is 10.6 Å². The van der Waals surface area contributed by atoms with Gasteiger partial charge in [-0.2, -0.15) is 0 Å². The van der Waals surface area contributed by atoms with Gasteiger partial charge in [0, 0.05) is 11.6 Å². The second-order valence-corrected chi connectivity index (χ2v) is 3.63. The van der Waals surface area contributed by atoms with E-state index in [-0.39, 0.29) is 12.3 Å². The average molecular weight is 261 g/mol. The summed E-state index contributed by atoms with van der Waals surface area (Å²) >= 11 is 0. The maximum atomic E-state index is 11.1. The predicted molar refractivity (Wildman–Crippen MR) is 64.3 cm³/mol. The van der Waals surface area contributed by atoms with Gasteiger partial charge in [-0.1, -0.05) is 17.3 Å². The summed E-state index contributed by atoms with van der Waals surface area (Å²) in [6, 6.07) is 8.09. The highest BCUT2D eigenvalue weighted by atomic mass is 16.5. The van der Waals surface area contributed by atoms with Crippen LogP contribution in [-0.2, 0) is 6.61 Å². The van der Waals surface area contributed by atoms with Crippen LogP contribution in [0.4, 0.5) is 0 Å². The van der Waals surface area contributed by atoms with Crippen molar-refractivity contribution >= 4 is 12.2 Å². The monoisotopic (exact) mass is 261 g/mol. The van der Waals surface area contributed by atoms with Crippen LogP contribution in [0.2, 0.25) is 0 Å². The van der Waals surface area contributed by atoms with Crippen LogP contribution in [-0.4, -0.2) is 17.4 Å². The molecular weight excluding hydrogens is 250 g/mol. The Kier molecular flexibility index (Phi) is 3.89. The number of hydrazine groups is 1. The van der Waals surface area contributed by atoms with Gasteiger partial charge in [0.1, 0.15) is 18.6 Å². The Balaban J connectivity index is 2.00. The second kappa shape index (κ2) is 5.78. The molecule has 2 rings (SSSR count). The van der Waals surface area contributed by atoms with Crippen LogP contribution in [0.3, 0.4) is 0 Å². The first-order chi connectivity index (χ1) is 9.22. The predicted octanol–water partition coefficient (Wildman–Crippen LogP) is 0.670. The molecule has 0 unspecified atom stereocenters. The number of benzene rings is 1. The maximum absolute atomic E-state index is 11.1. The molecule has 0 radical (unpaired) electrons. The molecule has 0 saturated carbocycles. The van der Waals surface area contributed by atoms with Gasteiger partial charge >= 0.3 is 0 Å². The van der Waals surface area contributed by atoms with Gasteiger partial charge in [-0.3, -0.25) is 15.0 Å². The lowest BCUT2D eigenvalue weighted by molar-refractivity contribution is 0.0944. The Morgan fingerprint density at radius 3 is 3.05 bits per heavy atom. The molecule has 0 saturated heterocycles. The minimum Gasteiger partial charge on any atom is -0.486 e.